The Morgan fingerprint density at radius 3 is 2.74 bits per heavy atom. The lowest BCUT2D eigenvalue weighted by Crippen LogP contribution is -2.34. The fourth-order valence-electron chi connectivity index (χ4n) is 1.78. The molecular weight excluding hydrogens is 324 g/mol. The molecule has 1 aromatic heterocycles. The number of benzene rings is 1. The number of H-pyrrole nitrogens is 2. The molecule has 1 heterocycles. The Kier molecular flexibility index (Phi) is 5.42. The average Bonchev–Trinajstić information content (AvgIpc) is 2.52. The number of para-hydroxylation sites is 1. The highest BCUT2D eigenvalue weighted by Crippen LogP contribution is 2.22. The molecule has 0 aliphatic carbocycles. The van der Waals surface area contributed by atoms with Gasteiger partial charge < -0.3 is 20.8 Å². The van der Waals surface area contributed by atoms with E-state index in [4.69, 9.17) is 22.1 Å². The number of carbonyl (C=O) groups excluding carboxylic acids is 1. The van der Waals surface area contributed by atoms with E-state index in [0.717, 1.165) is 0 Å². The largest absolute Gasteiger partial charge is 0.492 e. The molecule has 1 aromatic carbocycles. The number of nitrogens with two attached hydrogens (primary N) is 1. The molecule has 9 heteroatoms. The zero-order valence-corrected chi connectivity index (χ0v) is 12.8. The van der Waals surface area contributed by atoms with Gasteiger partial charge in [-0.05, 0) is 18.6 Å². The quantitative estimate of drug-likeness (QED) is 0.570. The Bertz CT molecular complexity index is 815. The second-order valence-electron chi connectivity index (χ2n) is 4.59. The average molecular weight is 339 g/mol. The van der Waals surface area contributed by atoms with E-state index in [1.54, 1.807) is 24.3 Å². The molecule has 1 amide bonds. The van der Waals surface area contributed by atoms with Gasteiger partial charge in [0.25, 0.3) is 11.5 Å². The summed E-state index contributed by atoms with van der Waals surface area (Å²) in [5, 5.41) is 3.05. The zero-order valence-electron chi connectivity index (χ0n) is 12.0. The van der Waals surface area contributed by atoms with Gasteiger partial charge in [-0.25, -0.2) is 4.79 Å². The standard InChI is InChI=1S/C14H15ClN4O4/c15-8-4-1-2-5-9(8)23-7-3-6-17-13(21)11-10(16)12(20)19-14(22)18-11/h1-2,4-5H,3,6-7,16H2,(H,17,21)(H2,18,19,20,22). The van der Waals surface area contributed by atoms with Crippen LogP contribution in [0.25, 0.3) is 0 Å². The normalized spacial score (nSPS) is 10.3. The first-order valence-electron chi connectivity index (χ1n) is 6.76. The minimum absolute atomic E-state index is 0.259. The van der Waals surface area contributed by atoms with Crippen molar-refractivity contribution >= 4 is 23.2 Å². The van der Waals surface area contributed by atoms with Gasteiger partial charge >= 0.3 is 5.69 Å². The highest BCUT2D eigenvalue weighted by Gasteiger charge is 2.13. The summed E-state index contributed by atoms with van der Waals surface area (Å²) >= 11 is 5.94. The molecule has 23 heavy (non-hydrogen) atoms. The van der Waals surface area contributed by atoms with E-state index in [1.807, 2.05) is 4.98 Å². The minimum Gasteiger partial charge on any atom is -0.492 e. The van der Waals surface area contributed by atoms with Crippen molar-refractivity contribution in [1.82, 2.24) is 15.3 Å². The van der Waals surface area contributed by atoms with Crippen LogP contribution < -0.4 is 27.0 Å². The van der Waals surface area contributed by atoms with Crippen molar-refractivity contribution in [2.45, 2.75) is 6.42 Å². The Hall–Kier alpha value is -2.74. The molecule has 0 radical (unpaired) electrons. The summed E-state index contributed by atoms with van der Waals surface area (Å²) in [5.74, 6) is -0.0768. The summed E-state index contributed by atoms with van der Waals surface area (Å²) in [6.07, 6.45) is 0.504. The highest BCUT2D eigenvalue weighted by molar-refractivity contribution is 6.32. The van der Waals surface area contributed by atoms with Crippen LogP contribution in [0.4, 0.5) is 5.69 Å². The summed E-state index contributed by atoms with van der Waals surface area (Å²) in [5.41, 5.74) is 3.26. The molecule has 0 saturated heterocycles. The number of amides is 1. The van der Waals surface area contributed by atoms with Crippen LogP contribution in [0.15, 0.2) is 33.9 Å². The van der Waals surface area contributed by atoms with E-state index in [-0.39, 0.29) is 17.9 Å². The molecule has 2 rings (SSSR count). The van der Waals surface area contributed by atoms with Gasteiger partial charge in [-0.1, -0.05) is 23.7 Å². The third kappa shape index (κ3) is 4.36. The van der Waals surface area contributed by atoms with Crippen molar-refractivity contribution in [3.63, 3.8) is 0 Å². The van der Waals surface area contributed by atoms with Crippen molar-refractivity contribution < 1.29 is 9.53 Å². The predicted molar refractivity (Wildman–Crippen MR) is 86.0 cm³/mol. The van der Waals surface area contributed by atoms with Gasteiger partial charge in [0.15, 0.2) is 0 Å². The summed E-state index contributed by atoms with van der Waals surface area (Å²) in [7, 11) is 0. The van der Waals surface area contributed by atoms with Crippen LogP contribution in [0.2, 0.25) is 5.02 Å². The van der Waals surface area contributed by atoms with Crippen LogP contribution in [0.1, 0.15) is 16.9 Å². The van der Waals surface area contributed by atoms with Crippen LogP contribution in [0, 0.1) is 0 Å². The molecule has 0 spiro atoms. The van der Waals surface area contributed by atoms with E-state index >= 15 is 0 Å². The maximum atomic E-state index is 11.9. The van der Waals surface area contributed by atoms with Crippen LogP contribution in [-0.2, 0) is 0 Å². The van der Waals surface area contributed by atoms with E-state index in [0.29, 0.717) is 23.8 Å². The molecule has 0 aliphatic rings. The Labute approximate surface area is 135 Å². The smallest absolute Gasteiger partial charge is 0.326 e. The summed E-state index contributed by atoms with van der Waals surface area (Å²) < 4.78 is 5.47. The fourth-order valence-corrected chi connectivity index (χ4v) is 1.97. The molecule has 0 saturated carbocycles. The van der Waals surface area contributed by atoms with Gasteiger partial charge in [0, 0.05) is 6.54 Å². The molecular formula is C14H15ClN4O4. The van der Waals surface area contributed by atoms with Crippen molar-refractivity contribution in [2.24, 2.45) is 0 Å². The molecule has 2 aromatic rings. The molecule has 0 fully saturated rings. The Morgan fingerprint density at radius 1 is 1.26 bits per heavy atom. The number of carbonyl (C=O) groups is 1. The number of anilines is 1. The number of nitrogen functional groups attached to an aromatic ring is 1. The number of hydrogen-bond acceptors (Lipinski definition) is 5. The Morgan fingerprint density at radius 2 is 2.00 bits per heavy atom. The topological polar surface area (TPSA) is 130 Å². The van der Waals surface area contributed by atoms with Crippen molar-refractivity contribution in [3.8, 4) is 5.75 Å². The lowest BCUT2D eigenvalue weighted by Gasteiger charge is -2.09. The van der Waals surface area contributed by atoms with Gasteiger partial charge in [-0.15, -0.1) is 0 Å². The van der Waals surface area contributed by atoms with Gasteiger partial charge in [-0.3, -0.25) is 14.6 Å². The first-order valence-corrected chi connectivity index (χ1v) is 7.14. The molecule has 122 valence electrons. The molecule has 0 bridgehead atoms. The van der Waals surface area contributed by atoms with E-state index in [2.05, 4.69) is 10.3 Å². The number of aromatic amines is 2. The number of hydrogen-bond donors (Lipinski definition) is 4. The third-order valence-electron chi connectivity index (χ3n) is 2.91. The SMILES string of the molecule is Nc1c(C(=O)NCCCOc2ccccc2Cl)[nH]c(=O)[nH]c1=O. The predicted octanol–water partition coefficient (Wildman–Crippen LogP) is 0.498. The Balaban J connectivity index is 1.83. The highest BCUT2D eigenvalue weighted by atomic mass is 35.5. The van der Waals surface area contributed by atoms with Crippen molar-refractivity contribution in [3.05, 3.63) is 55.8 Å². The number of halogens is 1. The van der Waals surface area contributed by atoms with Crippen molar-refractivity contribution in [1.29, 1.82) is 0 Å². The van der Waals surface area contributed by atoms with E-state index in [1.165, 1.54) is 0 Å². The number of ether oxygens (including phenoxy) is 1. The second kappa shape index (κ2) is 7.50. The van der Waals surface area contributed by atoms with Crippen LogP contribution in [-0.4, -0.2) is 29.0 Å². The zero-order chi connectivity index (χ0) is 16.8. The maximum Gasteiger partial charge on any atom is 0.326 e. The lowest BCUT2D eigenvalue weighted by molar-refractivity contribution is 0.0947. The second-order valence-corrected chi connectivity index (χ2v) is 4.99. The number of nitrogens with one attached hydrogen (secondary N) is 3. The maximum absolute atomic E-state index is 11.9. The number of rotatable bonds is 6. The molecule has 0 unspecified atom stereocenters. The molecule has 8 nitrogen and oxygen atoms in total. The van der Waals surface area contributed by atoms with Crippen LogP contribution in [0.3, 0.4) is 0 Å². The number of aromatic nitrogens is 2. The van der Waals surface area contributed by atoms with Gasteiger partial charge in [0.05, 0.1) is 11.6 Å². The van der Waals surface area contributed by atoms with Crippen molar-refractivity contribution in [2.75, 3.05) is 18.9 Å². The molecule has 0 aliphatic heterocycles. The third-order valence-corrected chi connectivity index (χ3v) is 3.22. The van der Waals surface area contributed by atoms with Crippen LogP contribution >= 0.6 is 11.6 Å². The first kappa shape index (κ1) is 16.6. The fraction of sp³-hybridized carbons (Fsp3) is 0.214. The van der Waals surface area contributed by atoms with Gasteiger partial charge in [0.1, 0.15) is 17.1 Å². The first-order chi connectivity index (χ1) is 11.0. The summed E-state index contributed by atoms with van der Waals surface area (Å²) in [6, 6.07) is 7.05. The molecule has 0 atom stereocenters. The van der Waals surface area contributed by atoms with E-state index in [9.17, 15) is 14.4 Å². The summed E-state index contributed by atoms with van der Waals surface area (Å²) in [4.78, 5) is 38.5. The van der Waals surface area contributed by atoms with Crippen LogP contribution in [0.5, 0.6) is 5.75 Å². The molecule has 5 N–H and O–H groups in total. The minimum atomic E-state index is -0.805. The summed E-state index contributed by atoms with van der Waals surface area (Å²) in [6.45, 7) is 0.614. The lowest BCUT2D eigenvalue weighted by atomic mass is 10.3. The van der Waals surface area contributed by atoms with E-state index < -0.39 is 17.2 Å². The van der Waals surface area contributed by atoms with Gasteiger partial charge in [0.2, 0.25) is 0 Å². The monoisotopic (exact) mass is 338 g/mol. The van der Waals surface area contributed by atoms with Gasteiger partial charge in [-0.2, -0.15) is 0 Å².